The van der Waals surface area contributed by atoms with Gasteiger partial charge in [-0.15, -0.1) is 0 Å². The third-order valence-corrected chi connectivity index (χ3v) is 4.01. The number of fused-ring (bicyclic) bond motifs is 1. The summed E-state index contributed by atoms with van der Waals surface area (Å²) in [4.78, 5) is 10.7. The van der Waals surface area contributed by atoms with Crippen molar-refractivity contribution in [3.05, 3.63) is 0 Å². The van der Waals surface area contributed by atoms with Crippen LogP contribution in [-0.2, 0) is 4.74 Å². The minimum absolute atomic E-state index is 0.0708. The summed E-state index contributed by atoms with van der Waals surface area (Å²) in [6.07, 6.45) is 3.66. The third kappa shape index (κ3) is 2.70. The lowest BCUT2D eigenvalue weighted by Gasteiger charge is -2.25. The van der Waals surface area contributed by atoms with Crippen molar-refractivity contribution < 1.29 is 4.74 Å². The van der Waals surface area contributed by atoms with Gasteiger partial charge in [-0.3, -0.25) is 0 Å². The van der Waals surface area contributed by atoms with Gasteiger partial charge in [-0.25, -0.2) is 0 Å². The molecule has 0 saturated carbocycles. The Morgan fingerprint density at radius 2 is 2.24 bits per heavy atom. The van der Waals surface area contributed by atoms with Gasteiger partial charge in [0.2, 0.25) is 5.95 Å². The van der Waals surface area contributed by atoms with Crippen LogP contribution in [0.4, 0.5) is 23.3 Å². The molecule has 2 aliphatic heterocycles. The Labute approximate surface area is 125 Å². The van der Waals surface area contributed by atoms with E-state index in [0.717, 1.165) is 36.6 Å². The molecule has 0 radical (unpaired) electrons. The standard InChI is InChI=1S/C14H24N6O/c1-8(2)6-9-4-5-10(21-9)20-7-17-11-12(16-3)18-14(15)19-13(11)20/h8-10,17H,4-7H2,1-3H3,(H3,15,16,18,19). The van der Waals surface area contributed by atoms with Gasteiger partial charge in [0.05, 0.1) is 12.8 Å². The molecule has 0 amide bonds. The number of nitrogens with two attached hydrogens (primary N) is 1. The zero-order valence-electron chi connectivity index (χ0n) is 12.9. The van der Waals surface area contributed by atoms with E-state index in [4.69, 9.17) is 10.5 Å². The van der Waals surface area contributed by atoms with Crippen LogP contribution in [0.5, 0.6) is 0 Å². The second-order valence-corrected chi connectivity index (χ2v) is 6.10. The second kappa shape index (κ2) is 5.55. The van der Waals surface area contributed by atoms with Gasteiger partial charge in [-0.1, -0.05) is 13.8 Å². The van der Waals surface area contributed by atoms with Gasteiger partial charge in [0.1, 0.15) is 11.9 Å². The molecule has 1 aromatic rings. The molecule has 1 aromatic heterocycles. The summed E-state index contributed by atoms with van der Waals surface area (Å²) in [5.41, 5.74) is 6.71. The van der Waals surface area contributed by atoms with Crippen LogP contribution in [0.25, 0.3) is 0 Å². The van der Waals surface area contributed by atoms with Crippen molar-refractivity contribution in [1.82, 2.24) is 9.97 Å². The first-order valence-corrected chi connectivity index (χ1v) is 7.59. The first kappa shape index (κ1) is 14.2. The van der Waals surface area contributed by atoms with Crippen LogP contribution in [0, 0.1) is 5.92 Å². The van der Waals surface area contributed by atoms with Crippen molar-refractivity contribution in [3.8, 4) is 0 Å². The number of nitrogens with zero attached hydrogens (tertiary/aromatic N) is 3. The maximum atomic E-state index is 6.19. The van der Waals surface area contributed by atoms with Crippen LogP contribution in [0.3, 0.4) is 0 Å². The number of hydrogen-bond acceptors (Lipinski definition) is 7. The quantitative estimate of drug-likeness (QED) is 0.780. The molecule has 3 rings (SSSR count). The molecule has 1 saturated heterocycles. The first-order chi connectivity index (χ1) is 10.1. The summed E-state index contributed by atoms with van der Waals surface area (Å²) < 4.78 is 6.19. The number of rotatable bonds is 4. The van der Waals surface area contributed by atoms with Crippen molar-refractivity contribution in [2.24, 2.45) is 5.92 Å². The molecule has 2 unspecified atom stereocenters. The third-order valence-electron chi connectivity index (χ3n) is 4.01. The molecule has 116 valence electrons. The van der Waals surface area contributed by atoms with E-state index in [1.54, 1.807) is 0 Å². The van der Waals surface area contributed by atoms with Crippen LogP contribution < -0.4 is 21.3 Å². The van der Waals surface area contributed by atoms with Crippen LogP contribution in [0.2, 0.25) is 0 Å². The van der Waals surface area contributed by atoms with Gasteiger partial charge >= 0.3 is 0 Å². The zero-order valence-corrected chi connectivity index (χ0v) is 12.9. The van der Waals surface area contributed by atoms with Gasteiger partial charge in [-0.05, 0) is 25.2 Å². The summed E-state index contributed by atoms with van der Waals surface area (Å²) in [6.45, 7) is 5.15. The fourth-order valence-electron chi connectivity index (χ4n) is 3.11. The molecule has 7 heteroatoms. The predicted octanol–water partition coefficient (Wildman–Crippen LogP) is 1.84. The maximum Gasteiger partial charge on any atom is 0.224 e. The molecule has 0 bridgehead atoms. The highest BCUT2D eigenvalue weighted by Gasteiger charge is 2.35. The number of nitrogens with one attached hydrogen (secondary N) is 2. The minimum Gasteiger partial charge on any atom is -0.371 e. The largest absolute Gasteiger partial charge is 0.371 e. The molecule has 21 heavy (non-hydrogen) atoms. The Morgan fingerprint density at radius 3 is 2.95 bits per heavy atom. The highest BCUT2D eigenvalue weighted by Crippen LogP contribution is 2.39. The average molecular weight is 292 g/mol. The summed E-state index contributed by atoms with van der Waals surface area (Å²) in [5, 5.41) is 6.39. The summed E-state index contributed by atoms with van der Waals surface area (Å²) >= 11 is 0. The molecule has 1 fully saturated rings. The number of hydrogen-bond donors (Lipinski definition) is 3. The lowest BCUT2D eigenvalue weighted by atomic mass is 10.0. The van der Waals surface area contributed by atoms with Crippen molar-refractivity contribution in [3.63, 3.8) is 0 Å². The number of ether oxygens (including phenoxy) is 1. The molecule has 0 spiro atoms. The van der Waals surface area contributed by atoms with Crippen LogP contribution in [0.15, 0.2) is 0 Å². The molecule has 3 heterocycles. The van der Waals surface area contributed by atoms with E-state index in [9.17, 15) is 0 Å². The fourth-order valence-corrected chi connectivity index (χ4v) is 3.11. The Balaban J connectivity index is 1.77. The topological polar surface area (TPSA) is 88.3 Å². The second-order valence-electron chi connectivity index (χ2n) is 6.10. The van der Waals surface area contributed by atoms with Crippen molar-refractivity contribution in [1.29, 1.82) is 0 Å². The Kier molecular flexibility index (Phi) is 3.75. The summed E-state index contributed by atoms with van der Waals surface area (Å²) in [7, 11) is 1.83. The highest BCUT2D eigenvalue weighted by molar-refractivity contribution is 5.82. The Hall–Kier alpha value is -1.76. The lowest BCUT2D eigenvalue weighted by molar-refractivity contribution is 0.0333. The fraction of sp³-hybridized carbons (Fsp3) is 0.714. The van der Waals surface area contributed by atoms with Gasteiger partial charge in [0, 0.05) is 7.05 Å². The number of nitrogen functional groups attached to an aromatic ring is 1. The van der Waals surface area contributed by atoms with E-state index in [2.05, 4.69) is 39.3 Å². The molecule has 2 aliphatic rings. The van der Waals surface area contributed by atoms with E-state index in [1.165, 1.54) is 0 Å². The van der Waals surface area contributed by atoms with E-state index >= 15 is 0 Å². The zero-order chi connectivity index (χ0) is 15.0. The lowest BCUT2D eigenvalue weighted by Crippen LogP contribution is -2.35. The van der Waals surface area contributed by atoms with Crippen molar-refractivity contribution in [2.45, 2.75) is 45.4 Å². The average Bonchev–Trinajstić information content (AvgIpc) is 3.03. The highest BCUT2D eigenvalue weighted by atomic mass is 16.5. The van der Waals surface area contributed by atoms with E-state index < -0.39 is 0 Å². The van der Waals surface area contributed by atoms with E-state index in [1.807, 2.05) is 7.05 Å². The van der Waals surface area contributed by atoms with Gasteiger partial charge in [0.25, 0.3) is 0 Å². The van der Waals surface area contributed by atoms with E-state index in [0.29, 0.717) is 18.7 Å². The van der Waals surface area contributed by atoms with E-state index in [-0.39, 0.29) is 12.2 Å². The molecular formula is C14H24N6O. The van der Waals surface area contributed by atoms with Crippen molar-refractivity contribution in [2.75, 3.05) is 35.0 Å². The van der Waals surface area contributed by atoms with Crippen molar-refractivity contribution >= 4 is 23.3 Å². The number of anilines is 4. The normalized spacial score (nSPS) is 24.3. The minimum atomic E-state index is 0.0708. The van der Waals surface area contributed by atoms with Crippen LogP contribution >= 0.6 is 0 Å². The molecular weight excluding hydrogens is 268 g/mol. The Morgan fingerprint density at radius 1 is 1.43 bits per heavy atom. The van der Waals surface area contributed by atoms with Gasteiger partial charge in [0.15, 0.2) is 11.6 Å². The smallest absolute Gasteiger partial charge is 0.224 e. The molecule has 0 aromatic carbocycles. The maximum absolute atomic E-state index is 6.19. The molecule has 4 N–H and O–H groups in total. The molecule has 2 atom stereocenters. The van der Waals surface area contributed by atoms with Gasteiger partial charge < -0.3 is 26.0 Å². The number of aromatic nitrogens is 2. The Bertz CT molecular complexity index is 520. The molecule has 7 nitrogen and oxygen atoms in total. The first-order valence-electron chi connectivity index (χ1n) is 7.59. The van der Waals surface area contributed by atoms with Crippen LogP contribution in [0.1, 0.15) is 33.1 Å². The monoisotopic (exact) mass is 292 g/mol. The molecule has 0 aliphatic carbocycles. The summed E-state index contributed by atoms with van der Waals surface area (Å²) in [5.74, 6) is 2.51. The van der Waals surface area contributed by atoms with Gasteiger partial charge in [-0.2, -0.15) is 9.97 Å². The SMILES string of the molecule is CNc1nc(N)nc2c1NCN2C1CCC(CC(C)C)O1. The summed E-state index contributed by atoms with van der Waals surface area (Å²) in [6, 6.07) is 0. The van der Waals surface area contributed by atoms with Crippen LogP contribution in [-0.4, -0.2) is 36.0 Å². The predicted molar refractivity (Wildman–Crippen MR) is 84.3 cm³/mol.